The Hall–Kier alpha value is -1.14. The van der Waals surface area contributed by atoms with Gasteiger partial charge in [-0.25, -0.2) is 0 Å². The lowest BCUT2D eigenvalue weighted by Gasteiger charge is -2.14. The van der Waals surface area contributed by atoms with E-state index >= 15 is 0 Å². The van der Waals surface area contributed by atoms with E-state index in [1.807, 2.05) is 0 Å². The van der Waals surface area contributed by atoms with Gasteiger partial charge in [0.2, 0.25) is 0 Å². The maximum atomic E-state index is 10.7. The zero-order valence-corrected chi connectivity index (χ0v) is 6.94. The molecule has 0 radical (unpaired) electrons. The fraction of sp³-hybridized carbons (Fsp3) is 0.667. The molecule has 6 heteroatoms. The lowest BCUT2D eigenvalue weighted by molar-refractivity contribution is -0.150. The standard InChI is InChI=1S/C6H12N2O4/c1-11-5(9)3(7)4(8)6(10)12-2/h3-4H,7-8H2,1-2H3. The average Bonchev–Trinajstić information content (AvgIpc) is 2.12. The van der Waals surface area contributed by atoms with Crippen molar-refractivity contribution in [2.45, 2.75) is 12.1 Å². The summed E-state index contributed by atoms with van der Waals surface area (Å²) in [7, 11) is 2.32. The molecule has 0 amide bonds. The minimum absolute atomic E-state index is 0.743. The normalized spacial score (nSPS) is 14.7. The van der Waals surface area contributed by atoms with Gasteiger partial charge in [0.15, 0.2) is 0 Å². The monoisotopic (exact) mass is 176 g/mol. The van der Waals surface area contributed by atoms with Crippen LogP contribution in [0, 0.1) is 0 Å². The summed E-state index contributed by atoms with van der Waals surface area (Å²) in [5.74, 6) is -1.49. The fourth-order valence-corrected chi connectivity index (χ4v) is 0.565. The van der Waals surface area contributed by atoms with Crippen LogP contribution in [0.15, 0.2) is 0 Å². The molecule has 70 valence electrons. The van der Waals surface area contributed by atoms with Crippen LogP contribution in [0.3, 0.4) is 0 Å². The van der Waals surface area contributed by atoms with Crippen molar-refractivity contribution >= 4 is 11.9 Å². The summed E-state index contributed by atoms with van der Waals surface area (Å²) in [5, 5.41) is 0. The van der Waals surface area contributed by atoms with Gasteiger partial charge >= 0.3 is 11.9 Å². The summed E-state index contributed by atoms with van der Waals surface area (Å²) >= 11 is 0. The molecular weight excluding hydrogens is 164 g/mol. The summed E-state index contributed by atoms with van der Waals surface area (Å²) in [5.41, 5.74) is 10.5. The highest BCUT2D eigenvalue weighted by Gasteiger charge is 2.28. The van der Waals surface area contributed by atoms with Gasteiger partial charge in [-0.1, -0.05) is 0 Å². The SMILES string of the molecule is COC(=O)C(N)C(N)C(=O)OC. The second-order valence-corrected chi connectivity index (χ2v) is 2.10. The Morgan fingerprint density at radius 2 is 1.25 bits per heavy atom. The molecule has 0 bridgehead atoms. The Balaban J connectivity index is 4.18. The van der Waals surface area contributed by atoms with Crippen molar-refractivity contribution in [1.29, 1.82) is 0 Å². The summed E-state index contributed by atoms with van der Waals surface area (Å²) in [6, 6.07) is -2.36. The van der Waals surface area contributed by atoms with E-state index in [2.05, 4.69) is 9.47 Å². The van der Waals surface area contributed by atoms with Crippen molar-refractivity contribution in [3.63, 3.8) is 0 Å². The van der Waals surface area contributed by atoms with Gasteiger partial charge in [-0.3, -0.25) is 9.59 Å². The van der Waals surface area contributed by atoms with E-state index in [1.54, 1.807) is 0 Å². The number of methoxy groups -OCH3 is 2. The minimum atomic E-state index is -1.18. The van der Waals surface area contributed by atoms with Crippen LogP contribution >= 0.6 is 0 Å². The molecule has 0 aliphatic carbocycles. The van der Waals surface area contributed by atoms with E-state index in [0.717, 1.165) is 14.2 Å². The van der Waals surface area contributed by atoms with Crippen LogP contribution in [0.1, 0.15) is 0 Å². The lowest BCUT2D eigenvalue weighted by Crippen LogP contribution is -2.52. The molecule has 0 heterocycles. The highest BCUT2D eigenvalue weighted by molar-refractivity contribution is 5.86. The van der Waals surface area contributed by atoms with Gasteiger partial charge in [-0.15, -0.1) is 0 Å². The Kier molecular flexibility index (Phi) is 4.24. The third-order valence-electron chi connectivity index (χ3n) is 1.33. The molecule has 0 aliphatic heterocycles. The van der Waals surface area contributed by atoms with Gasteiger partial charge < -0.3 is 20.9 Å². The first-order valence-electron chi connectivity index (χ1n) is 3.21. The Bertz CT molecular complexity index is 162. The highest BCUT2D eigenvalue weighted by Crippen LogP contribution is 1.92. The van der Waals surface area contributed by atoms with Crippen LogP contribution in [0.4, 0.5) is 0 Å². The van der Waals surface area contributed by atoms with Crippen molar-refractivity contribution in [3.05, 3.63) is 0 Å². The largest absolute Gasteiger partial charge is 0.468 e. The van der Waals surface area contributed by atoms with Crippen molar-refractivity contribution in [2.24, 2.45) is 11.5 Å². The van der Waals surface area contributed by atoms with Gasteiger partial charge in [0.25, 0.3) is 0 Å². The van der Waals surface area contributed by atoms with Crippen molar-refractivity contribution < 1.29 is 19.1 Å². The fourth-order valence-electron chi connectivity index (χ4n) is 0.565. The molecule has 0 saturated heterocycles. The molecule has 4 N–H and O–H groups in total. The number of hydrogen-bond donors (Lipinski definition) is 2. The van der Waals surface area contributed by atoms with Crippen molar-refractivity contribution in [1.82, 2.24) is 0 Å². The molecule has 12 heavy (non-hydrogen) atoms. The maximum Gasteiger partial charge on any atom is 0.324 e. The van der Waals surface area contributed by atoms with Gasteiger partial charge in [-0.2, -0.15) is 0 Å². The first kappa shape index (κ1) is 10.9. The minimum Gasteiger partial charge on any atom is -0.468 e. The summed E-state index contributed by atoms with van der Waals surface area (Å²) < 4.78 is 8.55. The molecular formula is C6H12N2O4. The van der Waals surface area contributed by atoms with Gasteiger partial charge in [0.05, 0.1) is 14.2 Å². The van der Waals surface area contributed by atoms with E-state index < -0.39 is 24.0 Å². The summed E-state index contributed by atoms with van der Waals surface area (Å²) in [6.07, 6.45) is 0. The zero-order chi connectivity index (χ0) is 9.72. The third-order valence-corrected chi connectivity index (χ3v) is 1.33. The van der Waals surface area contributed by atoms with Gasteiger partial charge in [0, 0.05) is 0 Å². The zero-order valence-electron chi connectivity index (χ0n) is 6.94. The Morgan fingerprint density at radius 1 is 1.00 bits per heavy atom. The quantitative estimate of drug-likeness (QED) is 0.481. The van der Waals surface area contributed by atoms with Crippen LogP contribution in [0.25, 0.3) is 0 Å². The number of hydrogen-bond acceptors (Lipinski definition) is 6. The number of carbonyl (C=O) groups is 2. The molecule has 0 spiro atoms. The predicted octanol–water partition coefficient (Wildman–Crippen LogP) is -2.01. The van der Waals surface area contributed by atoms with E-state index in [-0.39, 0.29) is 0 Å². The first-order chi connectivity index (χ1) is 5.54. The average molecular weight is 176 g/mol. The second kappa shape index (κ2) is 4.68. The van der Waals surface area contributed by atoms with E-state index in [9.17, 15) is 9.59 Å². The predicted molar refractivity (Wildman–Crippen MR) is 40.0 cm³/mol. The van der Waals surface area contributed by atoms with Crippen LogP contribution in [-0.2, 0) is 19.1 Å². The molecule has 0 aromatic rings. The van der Waals surface area contributed by atoms with Crippen molar-refractivity contribution in [2.75, 3.05) is 14.2 Å². The van der Waals surface area contributed by atoms with E-state index in [4.69, 9.17) is 11.5 Å². The van der Waals surface area contributed by atoms with E-state index in [1.165, 1.54) is 0 Å². The van der Waals surface area contributed by atoms with Gasteiger partial charge in [0.1, 0.15) is 12.1 Å². The molecule has 0 fully saturated rings. The number of carbonyl (C=O) groups excluding carboxylic acids is 2. The topological polar surface area (TPSA) is 105 Å². The number of nitrogens with two attached hydrogens (primary N) is 2. The van der Waals surface area contributed by atoms with E-state index in [0.29, 0.717) is 0 Å². The molecule has 2 unspecified atom stereocenters. The summed E-state index contributed by atoms with van der Waals surface area (Å²) in [4.78, 5) is 21.5. The maximum absolute atomic E-state index is 10.7. The van der Waals surface area contributed by atoms with Crippen LogP contribution in [0.5, 0.6) is 0 Å². The molecule has 0 aromatic carbocycles. The number of rotatable bonds is 3. The van der Waals surface area contributed by atoms with Crippen LogP contribution in [-0.4, -0.2) is 38.2 Å². The highest BCUT2D eigenvalue weighted by atomic mass is 16.5. The molecule has 6 nitrogen and oxygen atoms in total. The van der Waals surface area contributed by atoms with Gasteiger partial charge in [-0.05, 0) is 0 Å². The molecule has 0 rings (SSSR count). The first-order valence-corrected chi connectivity index (χ1v) is 3.21. The Labute approximate surface area is 69.8 Å². The molecule has 0 saturated carbocycles. The molecule has 2 atom stereocenters. The lowest BCUT2D eigenvalue weighted by atomic mass is 10.1. The Morgan fingerprint density at radius 3 is 1.42 bits per heavy atom. The molecule has 0 aliphatic rings. The smallest absolute Gasteiger partial charge is 0.324 e. The van der Waals surface area contributed by atoms with Crippen LogP contribution in [0.2, 0.25) is 0 Å². The number of ether oxygens (including phenoxy) is 2. The summed E-state index contributed by atoms with van der Waals surface area (Å²) in [6.45, 7) is 0. The second-order valence-electron chi connectivity index (χ2n) is 2.10. The number of esters is 2. The van der Waals surface area contributed by atoms with Crippen LogP contribution < -0.4 is 11.5 Å². The molecule has 0 aromatic heterocycles. The van der Waals surface area contributed by atoms with Crippen molar-refractivity contribution in [3.8, 4) is 0 Å². The third kappa shape index (κ3) is 2.48.